The van der Waals surface area contributed by atoms with Gasteiger partial charge in [0.2, 0.25) is 0 Å². The normalized spacial score (nSPS) is 13.4. The summed E-state index contributed by atoms with van der Waals surface area (Å²) in [6.07, 6.45) is 1.67. The summed E-state index contributed by atoms with van der Waals surface area (Å²) < 4.78 is 55.6. The zero-order valence-electron chi connectivity index (χ0n) is 44.7. The minimum Gasteiger partial charge on any atom is 0 e. The molecule has 3 heterocycles. The Hall–Kier alpha value is -5.85. The van der Waals surface area contributed by atoms with Crippen molar-refractivity contribution >= 4 is 50.6 Å². The van der Waals surface area contributed by atoms with Crippen molar-refractivity contribution in [1.82, 2.24) is 14.5 Å². The van der Waals surface area contributed by atoms with E-state index in [9.17, 15) is 0 Å². The van der Waals surface area contributed by atoms with Crippen molar-refractivity contribution < 1.29 is 32.7 Å². The van der Waals surface area contributed by atoms with Crippen molar-refractivity contribution in [3.05, 3.63) is 192 Å². The van der Waals surface area contributed by atoms with E-state index in [1.54, 1.807) is 18.3 Å². The Labute approximate surface area is 415 Å². The van der Waals surface area contributed by atoms with Crippen LogP contribution in [-0.2, 0) is 20.1 Å². The van der Waals surface area contributed by atoms with E-state index in [1.807, 2.05) is 6.07 Å². The first-order chi connectivity index (χ1) is 33.7. The molecule has 0 fully saturated rings. The molecule has 7 aromatic carbocycles. The molecule has 10 aromatic rings. The van der Waals surface area contributed by atoms with E-state index in [-0.39, 0.29) is 25.7 Å². The molecule has 0 bridgehead atoms. The van der Waals surface area contributed by atoms with Crippen molar-refractivity contribution in [2.75, 3.05) is 0 Å². The van der Waals surface area contributed by atoms with E-state index in [4.69, 9.17) is 17.6 Å². The first kappa shape index (κ1) is 39.3. The van der Waals surface area contributed by atoms with Gasteiger partial charge in [0, 0.05) is 31.2 Å². The van der Waals surface area contributed by atoms with E-state index < -0.39 is 27.0 Å². The maximum absolute atomic E-state index is 7.82. The first-order valence-corrected chi connectivity index (χ1v) is 29.7. The van der Waals surface area contributed by atoms with Crippen molar-refractivity contribution in [1.29, 1.82) is 0 Å². The Morgan fingerprint density at radius 3 is 2.05 bits per heavy atom. The van der Waals surface area contributed by atoms with E-state index in [0.29, 0.717) is 28.7 Å². The number of pyridine rings is 1. The number of benzene rings is 7. The molecule has 4 nitrogen and oxygen atoms in total. The van der Waals surface area contributed by atoms with Crippen LogP contribution in [0.15, 0.2) is 156 Å². The third-order valence-corrected chi connectivity index (χ3v) is 16.3. The van der Waals surface area contributed by atoms with Crippen LogP contribution >= 0.6 is 0 Å². The molecule has 0 atom stereocenters. The monoisotopic (exact) mass is 1110 g/mol. The fourth-order valence-corrected chi connectivity index (χ4v) is 11.6. The van der Waals surface area contributed by atoms with Gasteiger partial charge in [-0.15, -0.1) is 18.2 Å². The summed E-state index contributed by atoms with van der Waals surface area (Å²) in [4.78, 5) is 9.68. The van der Waals surface area contributed by atoms with Crippen molar-refractivity contribution in [2.24, 2.45) is 0 Å². The summed E-state index contributed by atoms with van der Waals surface area (Å²) >= 11 is -2.38. The van der Waals surface area contributed by atoms with Crippen molar-refractivity contribution in [3.63, 3.8) is 0 Å². The quantitative estimate of drug-likeness (QED) is 0.112. The first-order valence-electron chi connectivity index (χ1n) is 25.4. The molecule has 0 amide bonds. The minimum atomic E-state index is -2.38. The van der Waals surface area contributed by atoms with Gasteiger partial charge in [-0.1, -0.05) is 129 Å². The number of fused-ring (bicyclic) bond motifs is 4. The summed E-state index contributed by atoms with van der Waals surface area (Å²) in [7, 11) is 0. The largest absolute Gasteiger partial charge is 0 e. The second-order valence-corrected chi connectivity index (χ2v) is 29.1. The average molecular weight is 1110 g/mol. The molecule has 1 radical (unpaired) electrons. The fourth-order valence-electron chi connectivity index (χ4n) is 8.77. The number of aryl methyl sites for hydroxylation is 3. The molecule has 0 unspecified atom stereocenters. The second-order valence-electron chi connectivity index (χ2n) is 18.6. The number of furan rings is 1. The number of para-hydroxylation sites is 2. The maximum atomic E-state index is 7.82. The molecule has 3 aromatic heterocycles. The summed E-state index contributed by atoms with van der Waals surface area (Å²) in [5.41, 5.74) is 16.0. The molecule has 0 spiro atoms. The Balaban J connectivity index is 0.000000235. The topological polar surface area (TPSA) is 43.9 Å². The maximum Gasteiger partial charge on any atom is 0 e. The smallest absolute Gasteiger partial charge is 0 e. The molecule has 6 heteroatoms. The Morgan fingerprint density at radius 2 is 1.36 bits per heavy atom. The van der Waals surface area contributed by atoms with Crippen LogP contribution in [0.25, 0.3) is 83.6 Å². The molecule has 0 saturated heterocycles. The molecular formula is C60H57GeIrN3O-2. The SMILES string of the molecule is Cc1cc(C(C)C)c(-n2c(-c3[c-]ccc4c3oc3cc(-c5cccc(-c6ccccc6)c5)ccc34)nc3ccccc32)c(C(C)C)c1.[2H]C([2H])([2H])c1c[c-]c(-c2cc(C([2H])([2H])[2H])[c]([Ge]([CH3])([CH3])[CH3])cn2)cc1.[Ir]. The Morgan fingerprint density at radius 1 is 0.667 bits per heavy atom. The number of rotatable bonds is 8. The third-order valence-electron chi connectivity index (χ3n) is 12.1. The molecule has 10 rings (SSSR count). The molecule has 0 aliphatic heterocycles. The molecule has 0 aliphatic carbocycles. The molecule has 0 N–H and O–H groups in total. The van der Waals surface area contributed by atoms with Crippen LogP contribution < -0.4 is 4.40 Å². The van der Waals surface area contributed by atoms with Crippen LogP contribution in [0.1, 0.15) is 75.6 Å². The molecule has 0 aliphatic rings. The average Bonchev–Trinajstić information content (AvgIpc) is 3.92. The van der Waals surface area contributed by atoms with Crippen LogP contribution in [0, 0.1) is 32.8 Å². The summed E-state index contributed by atoms with van der Waals surface area (Å²) in [6.45, 7) is 6.92. The van der Waals surface area contributed by atoms with E-state index >= 15 is 0 Å². The summed E-state index contributed by atoms with van der Waals surface area (Å²) in [6, 6.07) is 55.6. The van der Waals surface area contributed by atoms with Gasteiger partial charge in [0.15, 0.2) is 0 Å². The predicted octanol–water partition coefficient (Wildman–Crippen LogP) is 16.0. The Bertz CT molecular complexity index is 3540. The summed E-state index contributed by atoms with van der Waals surface area (Å²) in [5, 5.41) is 2.15. The van der Waals surface area contributed by atoms with Gasteiger partial charge in [-0.05, 0) is 76.4 Å². The van der Waals surface area contributed by atoms with E-state index in [2.05, 4.69) is 189 Å². The van der Waals surface area contributed by atoms with Gasteiger partial charge in [0.25, 0.3) is 0 Å². The number of aromatic nitrogens is 3. The van der Waals surface area contributed by atoms with Crippen LogP contribution in [0.2, 0.25) is 17.3 Å². The number of imidazole rings is 1. The van der Waals surface area contributed by atoms with Gasteiger partial charge >= 0.3 is 121 Å². The third kappa shape index (κ3) is 9.27. The zero-order chi connectivity index (χ0) is 50.6. The molecule has 333 valence electrons. The zero-order valence-corrected chi connectivity index (χ0v) is 43.2. The standard InChI is InChI=1S/C44H37N2O.C16H20GeN.Ir/c1-27(2)37-23-29(5)24-38(28(3)4)42(37)46-40-20-10-9-19-39(40)45-44(46)36-18-12-17-35-34-22-21-33(26-41(34)47-43(35)36)32-16-11-15-31(25-32)30-13-7-6-8-14-30;1-12-6-8-14(9-7-12)16-10-13(2)15(11-18-16)17(3,4)5;/h6-17,19-28H,1-5H3;6-8,10-11H,1-5H3;/q2*-1;/i;1D3,2D3;. The van der Waals surface area contributed by atoms with Crippen LogP contribution in [-0.4, -0.2) is 27.8 Å². The van der Waals surface area contributed by atoms with Gasteiger partial charge in [0.1, 0.15) is 5.58 Å². The molecular weight excluding hydrogens is 1040 g/mol. The van der Waals surface area contributed by atoms with E-state index in [0.717, 1.165) is 59.9 Å². The summed E-state index contributed by atoms with van der Waals surface area (Å²) in [5.74, 6) is 7.90. The van der Waals surface area contributed by atoms with Gasteiger partial charge in [-0.25, -0.2) is 0 Å². The van der Waals surface area contributed by atoms with Gasteiger partial charge in [-0.3, -0.25) is 4.98 Å². The molecule has 0 saturated carbocycles. The van der Waals surface area contributed by atoms with E-state index in [1.165, 1.54) is 45.6 Å². The minimum absolute atomic E-state index is 0. The van der Waals surface area contributed by atoms with Gasteiger partial charge in [0.05, 0.1) is 22.4 Å². The van der Waals surface area contributed by atoms with Crippen LogP contribution in [0.5, 0.6) is 0 Å². The van der Waals surface area contributed by atoms with Crippen LogP contribution in [0.3, 0.4) is 0 Å². The second kappa shape index (κ2) is 19.2. The number of hydrogen-bond acceptors (Lipinski definition) is 3. The predicted molar refractivity (Wildman–Crippen MR) is 277 cm³/mol. The fraction of sp³-hybridized carbons (Fsp3) is 0.200. The van der Waals surface area contributed by atoms with Crippen LogP contribution in [0.4, 0.5) is 0 Å². The van der Waals surface area contributed by atoms with Gasteiger partial charge in [-0.2, -0.15) is 0 Å². The van der Waals surface area contributed by atoms with Crippen molar-refractivity contribution in [3.8, 4) is 50.6 Å². The van der Waals surface area contributed by atoms with Crippen molar-refractivity contribution in [2.45, 2.75) is 77.4 Å². The molecule has 66 heavy (non-hydrogen) atoms. The Kier molecular flexibility index (Phi) is 11.4. The number of hydrogen-bond donors (Lipinski definition) is 0. The van der Waals surface area contributed by atoms with Gasteiger partial charge < -0.3 is 8.98 Å². The number of nitrogens with zero attached hydrogens (tertiary/aromatic N) is 3.